The predicted octanol–water partition coefficient (Wildman–Crippen LogP) is 2.91. The molecule has 0 radical (unpaired) electrons. The molecule has 0 spiro atoms. The lowest BCUT2D eigenvalue weighted by atomic mass is 9.82. The van der Waals surface area contributed by atoms with Crippen LogP contribution in [0.5, 0.6) is 23.0 Å². The lowest BCUT2D eigenvalue weighted by molar-refractivity contribution is -0.153. The van der Waals surface area contributed by atoms with E-state index in [2.05, 4.69) is 0 Å². The highest BCUT2D eigenvalue weighted by molar-refractivity contribution is 5.80. The summed E-state index contributed by atoms with van der Waals surface area (Å²) in [6.07, 6.45) is 0.0554. The molecule has 30 heavy (non-hydrogen) atoms. The predicted molar refractivity (Wildman–Crippen MR) is 109 cm³/mol. The molecule has 8 heteroatoms. The van der Waals surface area contributed by atoms with Crippen LogP contribution in [0.3, 0.4) is 0 Å². The van der Waals surface area contributed by atoms with Gasteiger partial charge in [-0.25, -0.2) is 0 Å². The summed E-state index contributed by atoms with van der Waals surface area (Å²) in [6.45, 7) is 0. The number of carbonyl (C=O) groups is 2. The molecule has 2 unspecified atom stereocenters. The fraction of sp³-hybridized carbons (Fsp3) is 0.364. The molecule has 2 aromatic rings. The summed E-state index contributed by atoms with van der Waals surface area (Å²) in [5, 5.41) is 19.6. The van der Waals surface area contributed by atoms with Gasteiger partial charge in [-0.1, -0.05) is 12.1 Å². The van der Waals surface area contributed by atoms with E-state index < -0.39 is 23.8 Å². The van der Waals surface area contributed by atoms with Crippen LogP contribution in [-0.2, 0) is 22.4 Å². The van der Waals surface area contributed by atoms with Crippen molar-refractivity contribution >= 4 is 11.9 Å². The van der Waals surface area contributed by atoms with Crippen LogP contribution in [0.4, 0.5) is 0 Å². The molecule has 0 saturated heterocycles. The van der Waals surface area contributed by atoms with Gasteiger partial charge in [-0.15, -0.1) is 0 Å². The van der Waals surface area contributed by atoms with Crippen LogP contribution >= 0.6 is 0 Å². The molecule has 0 aliphatic rings. The average Bonchev–Trinajstić information content (AvgIpc) is 2.75. The number of ether oxygens (including phenoxy) is 4. The number of aliphatic carboxylic acids is 2. The van der Waals surface area contributed by atoms with Crippen molar-refractivity contribution < 1.29 is 38.7 Å². The quantitative estimate of drug-likeness (QED) is 0.573. The van der Waals surface area contributed by atoms with Crippen molar-refractivity contribution in [2.24, 2.45) is 11.8 Å². The molecule has 0 fully saturated rings. The summed E-state index contributed by atoms with van der Waals surface area (Å²) in [6, 6.07) is 10.0. The van der Waals surface area contributed by atoms with E-state index in [0.717, 1.165) is 0 Å². The van der Waals surface area contributed by atoms with E-state index in [1.807, 2.05) is 0 Å². The minimum Gasteiger partial charge on any atom is -0.493 e. The van der Waals surface area contributed by atoms with Crippen LogP contribution in [0.15, 0.2) is 36.4 Å². The molecule has 0 aromatic heterocycles. The van der Waals surface area contributed by atoms with Crippen LogP contribution in [0, 0.1) is 11.8 Å². The van der Waals surface area contributed by atoms with Crippen molar-refractivity contribution in [1.29, 1.82) is 0 Å². The fourth-order valence-electron chi connectivity index (χ4n) is 3.33. The first kappa shape index (κ1) is 22.9. The highest BCUT2D eigenvalue weighted by atomic mass is 16.5. The Balaban J connectivity index is 2.33. The minimum absolute atomic E-state index is 0.0277. The zero-order valence-electron chi connectivity index (χ0n) is 17.4. The van der Waals surface area contributed by atoms with E-state index >= 15 is 0 Å². The van der Waals surface area contributed by atoms with Crippen molar-refractivity contribution in [3.05, 3.63) is 47.5 Å². The van der Waals surface area contributed by atoms with Crippen molar-refractivity contribution in [1.82, 2.24) is 0 Å². The maximum Gasteiger partial charge on any atom is 0.307 e. The Morgan fingerprint density at radius 3 is 1.27 bits per heavy atom. The van der Waals surface area contributed by atoms with Gasteiger partial charge in [-0.3, -0.25) is 9.59 Å². The second kappa shape index (κ2) is 10.4. The summed E-state index contributed by atoms with van der Waals surface area (Å²) in [5.74, 6) is -2.74. The van der Waals surface area contributed by atoms with Crippen LogP contribution in [0.1, 0.15) is 11.1 Å². The smallest absolute Gasteiger partial charge is 0.307 e. The van der Waals surface area contributed by atoms with Crippen molar-refractivity contribution in [2.45, 2.75) is 12.8 Å². The lowest BCUT2D eigenvalue weighted by Gasteiger charge is -2.21. The Morgan fingerprint density at radius 2 is 1.00 bits per heavy atom. The number of carboxylic acids is 2. The van der Waals surface area contributed by atoms with E-state index in [1.54, 1.807) is 36.4 Å². The number of hydrogen-bond donors (Lipinski definition) is 2. The molecule has 0 bridgehead atoms. The van der Waals surface area contributed by atoms with Gasteiger partial charge in [-0.05, 0) is 48.2 Å². The molecule has 0 heterocycles. The van der Waals surface area contributed by atoms with Crippen LogP contribution in [0.25, 0.3) is 0 Å². The Morgan fingerprint density at radius 1 is 0.667 bits per heavy atom. The average molecular weight is 418 g/mol. The number of benzene rings is 2. The zero-order valence-corrected chi connectivity index (χ0v) is 17.4. The van der Waals surface area contributed by atoms with E-state index in [4.69, 9.17) is 18.9 Å². The summed E-state index contributed by atoms with van der Waals surface area (Å²) in [4.78, 5) is 24.0. The molecule has 0 aliphatic heterocycles. The second-order valence-electron chi connectivity index (χ2n) is 6.68. The Bertz CT molecular complexity index is 819. The molecule has 8 nitrogen and oxygen atoms in total. The van der Waals surface area contributed by atoms with E-state index in [0.29, 0.717) is 34.1 Å². The SMILES string of the molecule is COc1ccc(CC(C(=O)O)C(Cc2ccc(OC)c(OC)c2)C(=O)O)cc1OC. The second-order valence-corrected chi connectivity index (χ2v) is 6.68. The number of hydrogen-bond acceptors (Lipinski definition) is 6. The van der Waals surface area contributed by atoms with Crippen molar-refractivity contribution in [3.63, 3.8) is 0 Å². The standard InChI is InChI=1S/C22H26O8/c1-27-17-7-5-13(11-19(17)29-3)9-15(21(23)24)16(22(25)26)10-14-6-8-18(28-2)20(12-14)30-4/h5-8,11-12,15-16H,9-10H2,1-4H3,(H,23,24)(H,25,26). The highest BCUT2D eigenvalue weighted by Crippen LogP contribution is 2.32. The Hall–Kier alpha value is -3.42. The van der Waals surface area contributed by atoms with E-state index in [1.165, 1.54) is 28.4 Å². The molecule has 0 aliphatic carbocycles. The van der Waals surface area contributed by atoms with Crippen molar-refractivity contribution in [2.75, 3.05) is 28.4 Å². The third-order valence-electron chi connectivity index (χ3n) is 4.93. The third kappa shape index (κ3) is 5.34. The topological polar surface area (TPSA) is 112 Å². The summed E-state index contributed by atoms with van der Waals surface area (Å²) in [5.41, 5.74) is 1.28. The van der Waals surface area contributed by atoms with Gasteiger partial charge in [0.05, 0.1) is 40.3 Å². The largest absolute Gasteiger partial charge is 0.493 e. The van der Waals surface area contributed by atoms with Gasteiger partial charge in [0.2, 0.25) is 0 Å². The van der Waals surface area contributed by atoms with Crippen LogP contribution in [0.2, 0.25) is 0 Å². The molecule has 162 valence electrons. The Kier molecular flexibility index (Phi) is 7.91. The number of rotatable bonds is 11. The summed E-state index contributed by atoms with van der Waals surface area (Å²) in [7, 11) is 5.96. The molecule has 0 saturated carbocycles. The van der Waals surface area contributed by atoms with E-state index in [9.17, 15) is 19.8 Å². The highest BCUT2D eigenvalue weighted by Gasteiger charge is 2.34. The van der Waals surface area contributed by atoms with E-state index in [-0.39, 0.29) is 12.8 Å². The molecule has 2 atom stereocenters. The van der Waals surface area contributed by atoms with Gasteiger partial charge >= 0.3 is 11.9 Å². The maximum absolute atomic E-state index is 12.0. The third-order valence-corrected chi connectivity index (χ3v) is 4.93. The maximum atomic E-state index is 12.0. The molecular formula is C22H26O8. The molecular weight excluding hydrogens is 392 g/mol. The van der Waals surface area contributed by atoms with Crippen LogP contribution < -0.4 is 18.9 Å². The van der Waals surface area contributed by atoms with Gasteiger partial charge < -0.3 is 29.2 Å². The van der Waals surface area contributed by atoms with Gasteiger partial charge in [-0.2, -0.15) is 0 Å². The van der Waals surface area contributed by atoms with Crippen molar-refractivity contribution in [3.8, 4) is 23.0 Å². The normalized spacial score (nSPS) is 12.5. The lowest BCUT2D eigenvalue weighted by Crippen LogP contribution is -2.33. The Labute approximate surface area is 175 Å². The summed E-state index contributed by atoms with van der Waals surface area (Å²) >= 11 is 0. The van der Waals surface area contributed by atoms with Gasteiger partial charge in [0, 0.05) is 0 Å². The first-order valence-corrected chi connectivity index (χ1v) is 9.22. The zero-order chi connectivity index (χ0) is 22.3. The minimum atomic E-state index is -1.18. The van der Waals surface area contributed by atoms with Gasteiger partial charge in [0.25, 0.3) is 0 Å². The van der Waals surface area contributed by atoms with Gasteiger partial charge in [0.1, 0.15) is 0 Å². The first-order valence-electron chi connectivity index (χ1n) is 9.22. The molecule has 2 aromatic carbocycles. The number of methoxy groups -OCH3 is 4. The van der Waals surface area contributed by atoms with Gasteiger partial charge in [0.15, 0.2) is 23.0 Å². The molecule has 2 N–H and O–H groups in total. The molecule has 2 rings (SSSR count). The summed E-state index contributed by atoms with van der Waals surface area (Å²) < 4.78 is 20.9. The fourth-order valence-corrected chi connectivity index (χ4v) is 3.33. The van der Waals surface area contributed by atoms with Crippen LogP contribution in [-0.4, -0.2) is 50.6 Å². The molecule has 0 amide bonds. The number of carboxylic acid groups (broad SMARTS) is 2. The monoisotopic (exact) mass is 418 g/mol. The first-order chi connectivity index (χ1) is 14.3.